The molecule has 0 aliphatic carbocycles. The molecule has 0 saturated carbocycles. The highest BCUT2D eigenvalue weighted by Gasteiger charge is 2.17. The molecule has 1 aromatic heterocycles. The van der Waals surface area contributed by atoms with Crippen LogP contribution in [-0.2, 0) is 16.6 Å². The Hall–Kier alpha value is -1.64. The third-order valence-corrected chi connectivity index (χ3v) is 4.26. The Morgan fingerprint density at radius 2 is 2.19 bits per heavy atom. The number of halogens is 2. The molecule has 0 spiro atoms. The average molecular weight is 334 g/mol. The zero-order chi connectivity index (χ0) is 15.5. The van der Waals surface area contributed by atoms with Crippen molar-refractivity contribution in [1.82, 2.24) is 9.78 Å². The second-order valence-electron chi connectivity index (χ2n) is 4.25. The van der Waals surface area contributed by atoms with E-state index < -0.39 is 15.8 Å². The first-order chi connectivity index (χ1) is 9.92. The normalized spacial score (nSPS) is 11.6. The van der Waals surface area contributed by atoms with Gasteiger partial charge in [0.15, 0.2) is 0 Å². The SMILES string of the molecule is O=S(=O)(Nc1ccc(F)c(Cl)c1)c1cnn(CCCO)c1. The molecule has 114 valence electrons. The van der Waals surface area contributed by atoms with E-state index in [-0.39, 0.29) is 22.2 Å². The van der Waals surface area contributed by atoms with Crippen LogP contribution in [0.5, 0.6) is 0 Å². The van der Waals surface area contributed by atoms with Gasteiger partial charge in [-0.2, -0.15) is 5.10 Å². The standard InChI is InChI=1S/C12H13ClFN3O3S/c13-11-6-9(2-3-12(11)14)16-21(19,20)10-7-15-17(8-10)4-1-5-18/h2-3,6-8,16,18H,1,4-5H2. The molecule has 0 saturated heterocycles. The number of sulfonamides is 1. The molecule has 0 radical (unpaired) electrons. The molecular weight excluding hydrogens is 321 g/mol. The van der Waals surface area contributed by atoms with Gasteiger partial charge in [0.05, 0.1) is 16.9 Å². The highest BCUT2D eigenvalue weighted by Crippen LogP contribution is 2.22. The molecule has 1 aromatic carbocycles. The quantitative estimate of drug-likeness (QED) is 0.845. The molecule has 1 heterocycles. The van der Waals surface area contributed by atoms with E-state index in [2.05, 4.69) is 9.82 Å². The van der Waals surface area contributed by atoms with Crippen molar-refractivity contribution in [2.45, 2.75) is 17.9 Å². The summed E-state index contributed by atoms with van der Waals surface area (Å²) in [5, 5.41) is 12.4. The van der Waals surface area contributed by atoms with Crippen LogP contribution in [0.2, 0.25) is 5.02 Å². The second-order valence-corrected chi connectivity index (χ2v) is 6.34. The predicted molar refractivity (Wildman–Crippen MR) is 76.1 cm³/mol. The highest BCUT2D eigenvalue weighted by molar-refractivity contribution is 7.92. The van der Waals surface area contributed by atoms with Gasteiger partial charge in [-0.15, -0.1) is 0 Å². The van der Waals surface area contributed by atoms with Crippen molar-refractivity contribution in [2.75, 3.05) is 11.3 Å². The molecule has 2 aromatic rings. The Morgan fingerprint density at radius 3 is 2.86 bits per heavy atom. The largest absolute Gasteiger partial charge is 0.396 e. The van der Waals surface area contributed by atoms with E-state index in [0.717, 1.165) is 6.07 Å². The van der Waals surface area contributed by atoms with Crippen LogP contribution in [-0.4, -0.2) is 29.9 Å². The third kappa shape index (κ3) is 3.93. The second kappa shape index (κ2) is 6.42. The smallest absolute Gasteiger partial charge is 0.265 e. The molecule has 0 fully saturated rings. The molecule has 21 heavy (non-hydrogen) atoms. The van der Waals surface area contributed by atoms with E-state index in [0.29, 0.717) is 13.0 Å². The maximum Gasteiger partial charge on any atom is 0.265 e. The van der Waals surface area contributed by atoms with Crippen molar-refractivity contribution in [3.8, 4) is 0 Å². The first-order valence-corrected chi connectivity index (χ1v) is 7.89. The predicted octanol–water partition coefficient (Wildman–Crippen LogP) is 1.86. The fraction of sp³-hybridized carbons (Fsp3) is 0.250. The lowest BCUT2D eigenvalue weighted by molar-refractivity contribution is 0.277. The van der Waals surface area contributed by atoms with Gasteiger partial charge in [-0.25, -0.2) is 12.8 Å². The molecule has 6 nitrogen and oxygen atoms in total. The minimum atomic E-state index is -3.82. The number of hydrogen-bond acceptors (Lipinski definition) is 4. The van der Waals surface area contributed by atoms with Gasteiger partial charge in [0.25, 0.3) is 10.0 Å². The van der Waals surface area contributed by atoms with Crippen LogP contribution in [0.15, 0.2) is 35.5 Å². The van der Waals surface area contributed by atoms with Crippen LogP contribution in [0.4, 0.5) is 10.1 Å². The van der Waals surface area contributed by atoms with Gasteiger partial charge in [0, 0.05) is 19.3 Å². The van der Waals surface area contributed by atoms with Crippen molar-refractivity contribution in [1.29, 1.82) is 0 Å². The van der Waals surface area contributed by atoms with E-state index in [4.69, 9.17) is 16.7 Å². The summed E-state index contributed by atoms with van der Waals surface area (Å²) in [4.78, 5) is -0.0270. The van der Waals surface area contributed by atoms with Crippen LogP contribution in [0, 0.1) is 5.82 Å². The van der Waals surface area contributed by atoms with Crippen molar-refractivity contribution >= 4 is 27.3 Å². The third-order valence-electron chi connectivity index (χ3n) is 2.64. The topological polar surface area (TPSA) is 84.2 Å². The summed E-state index contributed by atoms with van der Waals surface area (Å²) in [6.45, 7) is 0.405. The lowest BCUT2D eigenvalue weighted by atomic mass is 10.3. The van der Waals surface area contributed by atoms with Crippen molar-refractivity contribution in [2.24, 2.45) is 0 Å². The molecular formula is C12H13ClFN3O3S. The molecule has 0 atom stereocenters. The molecule has 2 N–H and O–H groups in total. The molecule has 0 unspecified atom stereocenters. The van der Waals surface area contributed by atoms with Crippen LogP contribution >= 0.6 is 11.6 Å². The number of anilines is 1. The Balaban J connectivity index is 2.17. The van der Waals surface area contributed by atoms with Crippen molar-refractivity contribution < 1.29 is 17.9 Å². The number of aromatic nitrogens is 2. The summed E-state index contributed by atoms with van der Waals surface area (Å²) >= 11 is 5.60. The van der Waals surface area contributed by atoms with E-state index in [9.17, 15) is 12.8 Å². The molecule has 9 heteroatoms. The minimum Gasteiger partial charge on any atom is -0.396 e. The molecule has 0 aliphatic rings. The maximum absolute atomic E-state index is 13.0. The summed E-state index contributed by atoms with van der Waals surface area (Å²) in [6, 6.07) is 3.53. The van der Waals surface area contributed by atoms with Gasteiger partial charge in [-0.05, 0) is 24.6 Å². The number of nitrogens with zero attached hydrogens (tertiary/aromatic N) is 2. The molecule has 0 bridgehead atoms. The van der Waals surface area contributed by atoms with Gasteiger partial charge in [-0.1, -0.05) is 11.6 Å². The minimum absolute atomic E-state index is 0.00568. The summed E-state index contributed by atoms with van der Waals surface area (Å²) in [5.41, 5.74) is 0.157. The van der Waals surface area contributed by atoms with Crippen LogP contribution in [0.3, 0.4) is 0 Å². The van der Waals surface area contributed by atoms with Gasteiger partial charge in [0.2, 0.25) is 0 Å². The Kier molecular flexibility index (Phi) is 4.81. The van der Waals surface area contributed by atoms with Gasteiger partial charge in [-0.3, -0.25) is 9.40 Å². The number of aryl methyl sites for hydroxylation is 1. The zero-order valence-corrected chi connectivity index (χ0v) is 12.4. The highest BCUT2D eigenvalue weighted by atomic mass is 35.5. The Bertz CT molecular complexity index is 733. The van der Waals surface area contributed by atoms with Crippen LogP contribution < -0.4 is 4.72 Å². The number of rotatable bonds is 6. The first-order valence-electron chi connectivity index (χ1n) is 6.03. The lowest BCUT2D eigenvalue weighted by Crippen LogP contribution is -2.12. The number of hydrogen-bond donors (Lipinski definition) is 2. The number of benzene rings is 1. The summed E-state index contributed by atoms with van der Waals surface area (Å²) in [7, 11) is -3.82. The fourth-order valence-electron chi connectivity index (χ4n) is 1.61. The van der Waals surface area contributed by atoms with E-state index in [1.165, 1.54) is 29.2 Å². The molecule has 0 amide bonds. The summed E-state index contributed by atoms with van der Waals surface area (Å²) in [5.74, 6) is -0.628. The van der Waals surface area contributed by atoms with Crippen molar-refractivity contribution in [3.63, 3.8) is 0 Å². The van der Waals surface area contributed by atoms with E-state index >= 15 is 0 Å². The molecule has 0 aliphatic heterocycles. The van der Waals surface area contributed by atoms with E-state index in [1.54, 1.807) is 0 Å². The molecule has 2 rings (SSSR count). The van der Waals surface area contributed by atoms with Crippen LogP contribution in [0.1, 0.15) is 6.42 Å². The first kappa shape index (κ1) is 15.7. The fourth-order valence-corrected chi connectivity index (χ4v) is 2.79. The summed E-state index contributed by atoms with van der Waals surface area (Å²) in [6.07, 6.45) is 3.02. The number of aliphatic hydroxyl groups is 1. The Labute approximate surface area is 126 Å². The average Bonchev–Trinajstić information content (AvgIpc) is 2.90. The lowest BCUT2D eigenvalue weighted by Gasteiger charge is -2.06. The number of nitrogens with one attached hydrogen (secondary N) is 1. The zero-order valence-electron chi connectivity index (χ0n) is 10.8. The van der Waals surface area contributed by atoms with Crippen LogP contribution in [0.25, 0.3) is 0 Å². The Morgan fingerprint density at radius 1 is 1.43 bits per heavy atom. The van der Waals surface area contributed by atoms with Gasteiger partial charge in [0.1, 0.15) is 10.7 Å². The summed E-state index contributed by atoms with van der Waals surface area (Å²) < 4.78 is 41.0. The monoisotopic (exact) mass is 333 g/mol. The van der Waals surface area contributed by atoms with Gasteiger partial charge < -0.3 is 5.11 Å². The number of aliphatic hydroxyl groups excluding tert-OH is 1. The van der Waals surface area contributed by atoms with Gasteiger partial charge >= 0.3 is 0 Å². The van der Waals surface area contributed by atoms with Crippen molar-refractivity contribution in [3.05, 3.63) is 41.4 Å². The maximum atomic E-state index is 13.0. The van der Waals surface area contributed by atoms with E-state index in [1.807, 2.05) is 0 Å².